The summed E-state index contributed by atoms with van der Waals surface area (Å²) in [7, 11) is 0. The Labute approximate surface area is 232 Å². The maximum absolute atomic E-state index is 13.5. The van der Waals surface area contributed by atoms with Crippen LogP contribution in [0.25, 0.3) is 10.9 Å². The molecule has 10 heteroatoms. The van der Waals surface area contributed by atoms with Crippen molar-refractivity contribution < 1.29 is 19.0 Å². The Balaban J connectivity index is 1.76. The van der Waals surface area contributed by atoms with Crippen LogP contribution >= 0.6 is 31.9 Å². The Morgan fingerprint density at radius 1 is 1.11 bits per heavy atom. The maximum Gasteiger partial charge on any atom is 0.344 e. The van der Waals surface area contributed by atoms with E-state index in [-0.39, 0.29) is 24.7 Å². The van der Waals surface area contributed by atoms with Crippen molar-refractivity contribution in [3.8, 4) is 11.5 Å². The lowest BCUT2D eigenvalue weighted by atomic mass is 9.88. The zero-order valence-electron chi connectivity index (χ0n) is 20.8. The van der Waals surface area contributed by atoms with Crippen molar-refractivity contribution in [3.63, 3.8) is 0 Å². The summed E-state index contributed by atoms with van der Waals surface area (Å²) in [4.78, 5) is 30.2. The van der Waals surface area contributed by atoms with Crippen LogP contribution in [0.15, 0.2) is 49.2 Å². The van der Waals surface area contributed by atoms with Gasteiger partial charge < -0.3 is 14.2 Å². The number of benzene rings is 2. The van der Waals surface area contributed by atoms with Gasteiger partial charge in [0.25, 0.3) is 5.56 Å². The molecule has 2 aromatic carbocycles. The topological polar surface area (TPSA) is 92.0 Å². The Hall–Kier alpha value is -2.72. The SMILES string of the molecule is CCOC(=O)COc1c(OCC)cc(C=Nn2c(C3CCCCC3)nc3ccccc3c2=O)c(Br)c1Br. The number of rotatable bonds is 9. The van der Waals surface area contributed by atoms with Crippen LogP contribution in [0.2, 0.25) is 0 Å². The Morgan fingerprint density at radius 3 is 2.59 bits per heavy atom. The smallest absolute Gasteiger partial charge is 0.344 e. The van der Waals surface area contributed by atoms with E-state index in [0.717, 1.165) is 25.7 Å². The molecule has 0 atom stereocenters. The molecule has 196 valence electrons. The molecule has 3 aromatic rings. The summed E-state index contributed by atoms with van der Waals surface area (Å²) < 4.78 is 19.1. The van der Waals surface area contributed by atoms with Crippen LogP contribution in [0.5, 0.6) is 11.5 Å². The number of halogens is 2. The van der Waals surface area contributed by atoms with Gasteiger partial charge in [-0.25, -0.2) is 9.78 Å². The molecule has 1 aliphatic carbocycles. The summed E-state index contributed by atoms with van der Waals surface area (Å²) in [5.74, 6) is 1.19. The van der Waals surface area contributed by atoms with Gasteiger partial charge in [-0.2, -0.15) is 9.78 Å². The van der Waals surface area contributed by atoms with Gasteiger partial charge in [0.1, 0.15) is 5.82 Å². The fourth-order valence-electron chi connectivity index (χ4n) is 4.43. The zero-order chi connectivity index (χ0) is 26.4. The summed E-state index contributed by atoms with van der Waals surface area (Å²) in [6, 6.07) is 9.12. The highest BCUT2D eigenvalue weighted by Gasteiger charge is 2.23. The molecule has 0 unspecified atom stereocenters. The van der Waals surface area contributed by atoms with Crippen molar-refractivity contribution in [2.45, 2.75) is 51.9 Å². The van der Waals surface area contributed by atoms with Crippen molar-refractivity contribution in [2.24, 2.45) is 5.10 Å². The first-order chi connectivity index (χ1) is 17.9. The van der Waals surface area contributed by atoms with Crippen molar-refractivity contribution in [1.29, 1.82) is 0 Å². The average molecular weight is 635 g/mol. The molecule has 0 N–H and O–H groups in total. The summed E-state index contributed by atoms with van der Waals surface area (Å²) >= 11 is 7.13. The first-order valence-corrected chi connectivity index (χ1v) is 14.0. The van der Waals surface area contributed by atoms with Crippen molar-refractivity contribution >= 4 is 54.9 Å². The molecule has 0 amide bonds. The average Bonchev–Trinajstić information content (AvgIpc) is 2.91. The number of esters is 1. The van der Waals surface area contributed by atoms with E-state index in [1.165, 1.54) is 11.1 Å². The fraction of sp³-hybridized carbons (Fsp3) is 0.407. The third-order valence-electron chi connectivity index (χ3n) is 6.16. The summed E-state index contributed by atoms with van der Waals surface area (Å²) in [6.07, 6.45) is 6.99. The number of aromatic nitrogens is 2. The minimum Gasteiger partial charge on any atom is -0.490 e. The number of fused-ring (bicyclic) bond motifs is 1. The second-order valence-electron chi connectivity index (χ2n) is 8.63. The van der Waals surface area contributed by atoms with Crippen LogP contribution in [0, 0.1) is 0 Å². The van der Waals surface area contributed by atoms with Gasteiger partial charge in [-0.1, -0.05) is 31.4 Å². The highest BCUT2D eigenvalue weighted by molar-refractivity contribution is 9.13. The highest BCUT2D eigenvalue weighted by Crippen LogP contribution is 2.42. The molecule has 37 heavy (non-hydrogen) atoms. The second-order valence-corrected chi connectivity index (χ2v) is 10.2. The van der Waals surface area contributed by atoms with Gasteiger partial charge in [0, 0.05) is 16.0 Å². The van der Waals surface area contributed by atoms with Gasteiger partial charge in [0.2, 0.25) is 0 Å². The molecule has 1 saturated carbocycles. The molecular formula is C27H29Br2N3O5. The molecule has 0 saturated heterocycles. The number of carbonyl (C=O) groups excluding carboxylic acids is 1. The van der Waals surface area contributed by atoms with Gasteiger partial charge in [-0.15, -0.1) is 0 Å². The molecule has 1 aromatic heterocycles. The van der Waals surface area contributed by atoms with Gasteiger partial charge >= 0.3 is 5.97 Å². The van der Waals surface area contributed by atoms with Crippen molar-refractivity contribution in [2.75, 3.05) is 19.8 Å². The second kappa shape index (κ2) is 12.7. The van der Waals surface area contributed by atoms with Crippen LogP contribution in [0.1, 0.15) is 63.3 Å². The van der Waals surface area contributed by atoms with E-state index in [2.05, 4.69) is 37.0 Å². The van der Waals surface area contributed by atoms with E-state index < -0.39 is 5.97 Å². The highest BCUT2D eigenvalue weighted by atomic mass is 79.9. The molecule has 1 aliphatic rings. The number of ether oxygens (including phenoxy) is 3. The van der Waals surface area contributed by atoms with E-state index in [1.54, 1.807) is 25.3 Å². The first kappa shape index (κ1) is 27.3. The first-order valence-electron chi connectivity index (χ1n) is 12.4. The Kier molecular flexibility index (Phi) is 9.37. The van der Waals surface area contributed by atoms with Gasteiger partial charge in [-0.05, 0) is 76.7 Å². The molecule has 1 heterocycles. The number of hydrogen-bond donors (Lipinski definition) is 0. The number of hydrogen-bond acceptors (Lipinski definition) is 7. The number of nitrogens with zero attached hydrogens (tertiary/aromatic N) is 3. The molecule has 1 fully saturated rings. The summed E-state index contributed by atoms with van der Waals surface area (Å²) in [6.45, 7) is 4.00. The third kappa shape index (κ3) is 6.23. The number of para-hydroxylation sites is 1. The molecular weight excluding hydrogens is 606 g/mol. The quantitative estimate of drug-likeness (QED) is 0.206. The minimum atomic E-state index is -0.475. The van der Waals surface area contributed by atoms with Crippen LogP contribution in [-0.4, -0.2) is 41.7 Å². The lowest BCUT2D eigenvalue weighted by molar-refractivity contribution is -0.145. The van der Waals surface area contributed by atoms with Crippen LogP contribution in [0.4, 0.5) is 0 Å². The Morgan fingerprint density at radius 2 is 1.86 bits per heavy atom. The minimum absolute atomic E-state index is 0.177. The van der Waals surface area contributed by atoms with Crippen molar-refractivity contribution in [3.05, 3.63) is 61.0 Å². The molecule has 0 aliphatic heterocycles. The summed E-state index contributed by atoms with van der Waals surface area (Å²) in [5.41, 5.74) is 1.15. The Bertz CT molecular complexity index is 1370. The van der Waals surface area contributed by atoms with Crippen LogP contribution in [-0.2, 0) is 9.53 Å². The van der Waals surface area contributed by atoms with E-state index in [9.17, 15) is 9.59 Å². The predicted octanol–water partition coefficient (Wildman–Crippen LogP) is 6.19. The molecule has 0 bridgehead atoms. The normalized spacial score (nSPS) is 14.3. The van der Waals surface area contributed by atoms with E-state index in [0.29, 0.717) is 49.3 Å². The van der Waals surface area contributed by atoms with E-state index in [4.69, 9.17) is 19.2 Å². The van der Waals surface area contributed by atoms with Gasteiger partial charge in [-0.3, -0.25) is 4.79 Å². The monoisotopic (exact) mass is 633 g/mol. The molecule has 8 nitrogen and oxygen atoms in total. The summed E-state index contributed by atoms with van der Waals surface area (Å²) in [5, 5.41) is 5.15. The van der Waals surface area contributed by atoms with Gasteiger partial charge in [0.15, 0.2) is 18.1 Å². The van der Waals surface area contributed by atoms with Crippen LogP contribution < -0.4 is 15.0 Å². The number of carbonyl (C=O) groups is 1. The van der Waals surface area contributed by atoms with E-state index in [1.807, 2.05) is 25.1 Å². The van der Waals surface area contributed by atoms with Gasteiger partial charge in [0.05, 0.1) is 34.8 Å². The van der Waals surface area contributed by atoms with Crippen molar-refractivity contribution in [1.82, 2.24) is 9.66 Å². The lowest BCUT2D eigenvalue weighted by Gasteiger charge is -2.22. The zero-order valence-corrected chi connectivity index (χ0v) is 24.0. The lowest BCUT2D eigenvalue weighted by Crippen LogP contribution is -2.25. The fourth-order valence-corrected chi connectivity index (χ4v) is 5.36. The van der Waals surface area contributed by atoms with Crippen LogP contribution in [0.3, 0.4) is 0 Å². The molecule has 4 rings (SSSR count). The third-order valence-corrected chi connectivity index (χ3v) is 8.30. The molecule has 0 radical (unpaired) electrons. The largest absolute Gasteiger partial charge is 0.490 e. The maximum atomic E-state index is 13.5. The predicted molar refractivity (Wildman–Crippen MR) is 150 cm³/mol. The van der Waals surface area contributed by atoms with E-state index >= 15 is 0 Å². The standard InChI is InChI=1S/C27H29Br2N3O5/c1-3-35-21-14-18(23(28)24(29)25(21)37-16-22(33)36-4-2)15-30-32-26(17-10-6-5-7-11-17)31-20-13-9-8-12-19(20)27(32)34/h8-9,12-15,17H,3-7,10-11,16H2,1-2H3. The molecule has 0 spiro atoms.